The molecule has 0 aliphatic carbocycles. The highest BCUT2D eigenvalue weighted by atomic mass is 32.1. The lowest BCUT2D eigenvalue weighted by atomic mass is 9.98. The summed E-state index contributed by atoms with van der Waals surface area (Å²) in [5.41, 5.74) is 4.72. The maximum atomic E-state index is 13.1. The van der Waals surface area contributed by atoms with Gasteiger partial charge in [0.25, 0.3) is 0 Å². The average Bonchev–Trinajstić information content (AvgIpc) is 3.27. The van der Waals surface area contributed by atoms with E-state index in [9.17, 15) is 4.79 Å². The molecule has 0 radical (unpaired) electrons. The zero-order valence-electron chi connectivity index (χ0n) is 16.3. The monoisotopic (exact) mass is 404 g/mol. The van der Waals surface area contributed by atoms with E-state index in [0.29, 0.717) is 30.3 Å². The van der Waals surface area contributed by atoms with E-state index >= 15 is 0 Å². The number of ether oxygens (including phenoxy) is 2. The van der Waals surface area contributed by atoms with Crippen molar-refractivity contribution in [2.75, 3.05) is 6.73 Å². The number of carbonyl (C=O) groups excluding carboxylic acids is 1. The Morgan fingerprint density at radius 3 is 2.93 bits per heavy atom. The van der Waals surface area contributed by atoms with Gasteiger partial charge in [0.15, 0.2) is 5.76 Å². The molecule has 2 aromatic heterocycles. The van der Waals surface area contributed by atoms with Gasteiger partial charge in [-0.3, -0.25) is 14.7 Å². The van der Waals surface area contributed by atoms with Crippen molar-refractivity contribution in [3.8, 4) is 11.5 Å². The number of aromatic nitrogens is 1. The van der Waals surface area contributed by atoms with Crippen LogP contribution in [0.4, 0.5) is 0 Å². The SMILES string of the molecule is Cc1ccsc1/C=C1\Oc2c3c(cc(C)c2C1=O)OCN(Cc1cccnc1)C3. The van der Waals surface area contributed by atoms with Crippen LogP contribution >= 0.6 is 11.3 Å². The second kappa shape index (κ2) is 7.13. The molecule has 1 aromatic carbocycles. The zero-order valence-corrected chi connectivity index (χ0v) is 17.1. The molecule has 0 saturated carbocycles. The van der Waals surface area contributed by atoms with E-state index in [4.69, 9.17) is 9.47 Å². The summed E-state index contributed by atoms with van der Waals surface area (Å²) in [5.74, 6) is 1.76. The Morgan fingerprint density at radius 2 is 2.17 bits per heavy atom. The van der Waals surface area contributed by atoms with Crippen LogP contribution in [0.3, 0.4) is 0 Å². The van der Waals surface area contributed by atoms with E-state index in [0.717, 1.165) is 39.4 Å². The summed E-state index contributed by atoms with van der Waals surface area (Å²) in [5, 5.41) is 2.02. The Kier molecular flexibility index (Phi) is 4.45. The summed E-state index contributed by atoms with van der Waals surface area (Å²) < 4.78 is 12.1. The second-order valence-electron chi connectivity index (χ2n) is 7.40. The molecule has 0 unspecified atom stereocenters. The van der Waals surface area contributed by atoms with Crippen LogP contribution in [0.1, 0.15) is 37.5 Å². The summed E-state index contributed by atoms with van der Waals surface area (Å²) in [6, 6.07) is 7.98. The lowest BCUT2D eigenvalue weighted by Gasteiger charge is -2.30. The van der Waals surface area contributed by atoms with Crippen molar-refractivity contribution < 1.29 is 14.3 Å². The van der Waals surface area contributed by atoms with Crippen LogP contribution in [-0.2, 0) is 13.1 Å². The fourth-order valence-corrected chi connectivity index (χ4v) is 4.63. The summed E-state index contributed by atoms with van der Waals surface area (Å²) in [6.45, 7) is 5.84. The number of fused-ring (bicyclic) bond motifs is 3. The molecule has 2 aliphatic heterocycles. The summed E-state index contributed by atoms with van der Waals surface area (Å²) >= 11 is 1.60. The maximum Gasteiger partial charge on any atom is 0.232 e. The van der Waals surface area contributed by atoms with Crippen LogP contribution in [0.15, 0.2) is 47.8 Å². The van der Waals surface area contributed by atoms with Gasteiger partial charge in [-0.1, -0.05) is 6.07 Å². The number of ketones is 1. The van der Waals surface area contributed by atoms with Gasteiger partial charge in [0, 0.05) is 36.4 Å². The smallest absolute Gasteiger partial charge is 0.232 e. The normalized spacial score (nSPS) is 17.0. The molecule has 146 valence electrons. The van der Waals surface area contributed by atoms with Crippen molar-refractivity contribution in [1.82, 2.24) is 9.88 Å². The number of rotatable bonds is 3. The minimum Gasteiger partial charge on any atom is -0.478 e. The van der Waals surface area contributed by atoms with Crippen LogP contribution in [0.2, 0.25) is 0 Å². The average molecular weight is 404 g/mol. The number of hydrogen-bond acceptors (Lipinski definition) is 6. The first-order valence-electron chi connectivity index (χ1n) is 9.49. The molecule has 4 heterocycles. The van der Waals surface area contributed by atoms with Gasteiger partial charge in [0.1, 0.15) is 18.2 Å². The predicted octanol–water partition coefficient (Wildman–Crippen LogP) is 4.73. The highest BCUT2D eigenvalue weighted by Gasteiger charge is 2.35. The van der Waals surface area contributed by atoms with Crippen molar-refractivity contribution in [3.05, 3.63) is 80.5 Å². The van der Waals surface area contributed by atoms with Crippen molar-refractivity contribution in [2.24, 2.45) is 0 Å². The van der Waals surface area contributed by atoms with E-state index in [-0.39, 0.29) is 5.78 Å². The molecule has 0 saturated heterocycles. The van der Waals surface area contributed by atoms with Crippen molar-refractivity contribution >= 4 is 23.2 Å². The maximum absolute atomic E-state index is 13.1. The number of nitrogens with zero attached hydrogens (tertiary/aromatic N) is 2. The molecule has 0 N–H and O–H groups in total. The van der Waals surface area contributed by atoms with Crippen LogP contribution in [0.5, 0.6) is 11.5 Å². The lowest BCUT2D eigenvalue weighted by molar-refractivity contribution is 0.0871. The number of Topliss-reactive ketones (excluding diaryl/α,β-unsaturated/α-hetero) is 1. The minimum atomic E-state index is -0.0579. The highest BCUT2D eigenvalue weighted by Crippen LogP contribution is 2.44. The van der Waals surface area contributed by atoms with E-state index in [2.05, 4.69) is 9.88 Å². The molecular formula is C23H20N2O3S. The first kappa shape index (κ1) is 18.1. The summed E-state index contributed by atoms with van der Waals surface area (Å²) in [7, 11) is 0. The van der Waals surface area contributed by atoms with Gasteiger partial charge in [-0.2, -0.15) is 0 Å². The summed E-state index contributed by atoms with van der Waals surface area (Å²) in [4.78, 5) is 20.5. The van der Waals surface area contributed by atoms with E-state index in [1.54, 1.807) is 17.5 Å². The molecule has 0 amide bonds. The van der Waals surface area contributed by atoms with Gasteiger partial charge in [0.2, 0.25) is 5.78 Å². The number of aryl methyl sites for hydroxylation is 2. The quantitative estimate of drug-likeness (QED) is 0.591. The molecule has 5 rings (SSSR count). The third kappa shape index (κ3) is 3.24. The zero-order chi connectivity index (χ0) is 20.0. The number of pyridine rings is 1. The van der Waals surface area contributed by atoms with Gasteiger partial charge >= 0.3 is 0 Å². The van der Waals surface area contributed by atoms with Crippen molar-refractivity contribution in [2.45, 2.75) is 26.9 Å². The first-order chi connectivity index (χ1) is 14.1. The first-order valence-corrected chi connectivity index (χ1v) is 10.4. The Balaban J connectivity index is 1.49. The second-order valence-corrected chi connectivity index (χ2v) is 8.35. The number of carbonyl (C=O) groups is 1. The number of allylic oxidation sites excluding steroid dienone is 1. The standard InChI is InChI=1S/C23H20N2O3S/c1-14-5-7-29-20(14)9-19-22(26)21-15(2)8-18-17(23(21)28-19)12-25(13-27-18)11-16-4-3-6-24-10-16/h3-10H,11-13H2,1-2H3/b19-9-. The van der Waals surface area contributed by atoms with Crippen molar-refractivity contribution in [3.63, 3.8) is 0 Å². The molecule has 5 nitrogen and oxygen atoms in total. The van der Waals surface area contributed by atoms with E-state index < -0.39 is 0 Å². The van der Waals surface area contributed by atoms with Gasteiger partial charge in [-0.25, -0.2) is 0 Å². The minimum absolute atomic E-state index is 0.0579. The number of benzene rings is 1. The van der Waals surface area contributed by atoms with E-state index in [1.165, 1.54) is 0 Å². The Labute approximate surface area is 173 Å². The van der Waals surface area contributed by atoms with Crippen LogP contribution in [0, 0.1) is 13.8 Å². The van der Waals surface area contributed by atoms with Crippen LogP contribution in [-0.4, -0.2) is 22.4 Å². The molecule has 2 aliphatic rings. The van der Waals surface area contributed by atoms with Crippen molar-refractivity contribution in [1.29, 1.82) is 0 Å². The third-order valence-electron chi connectivity index (χ3n) is 5.28. The van der Waals surface area contributed by atoms with Crippen LogP contribution < -0.4 is 9.47 Å². The molecule has 0 bridgehead atoms. The Hall–Kier alpha value is -2.96. The Morgan fingerprint density at radius 1 is 1.28 bits per heavy atom. The fraction of sp³-hybridized carbons (Fsp3) is 0.217. The third-order valence-corrected chi connectivity index (χ3v) is 6.25. The predicted molar refractivity (Wildman–Crippen MR) is 112 cm³/mol. The van der Waals surface area contributed by atoms with Gasteiger partial charge in [-0.05, 0) is 54.1 Å². The molecule has 0 spiro atoms. The molecule has 6 heteroatoms. The molecule has 3 aromatic rings. The van der Waals surface area contributed by atoms with E-state index in [1.807, 2.05) is 55.8 Å². The van der Waals surface area contributed by atoms with Crippen LogP contribution in [0.25, 0.3) is 6.08 Å². The van der Waals surface area contributed by atoms with Gasteiger partial charge in [-0.15, -0.1) is 11.3 Å². The topological polar surface area (TPSA) is 51.7 Å². The lowest BCUT2D eigenvalue weighted by Crippen LogP contribution is -2.31. The molecule has 29 heavy (non-hydrogen) atoms. The summed E-state index contributed by atoms with van der Waals surface area (Å²) in [6.07, 6.45) is 5.48. The Bertz CT molecular complexity index is 1130. The van der Waals surface area contributed by atoms with Gasteiger partial charge < -0.3 is 9.47 Å². The number of thiophene rings is 1. The van der Waals surface area contributed by atoms with Gasteiger partial charge in [0.05, 0.1) is 11.1 Å². The largest absolute Gasteiger partial charge is 0.478 e. The number of hydrogen-bond donors (Lipinski definition) is 0. The highest BCUT2D eigenvalue weighted by molar-refractivity contribution is 7.11. The fourth-order valence-electron chi connectivity index (χ4n) is 3.78. The molecule has 0 fully saturated rings. The molecule has 0 atom stereocenters. The molecular weight excluding hydrogens is 384 g/mol.